The fourth-order valence-corrected chi connectivity index (χ4v) is 1.42. The summed E-state index contributed by atoms with van der Waals surface area (Å²) in [5, 5.41) is 0. The Kier molecular flexibility index (Phi) is 3.57. The SMILES string of the molecule is CC(=O)Oc1cccc(Oc2ccccc2)c1F. The fourth-order valence-electron chi connectivity index (χ4n) is 1.42. The molecule has 0 heterocycles. The summed E-state index contributed by atoms with van der Waals surface area (Å²) in [6.07, 6.45) is 0. The summed E-state index contributed by atoms with van der Waals surface area (Å²) in [6, 6.07) is 13.2. The summed E-state index contributed by atoms with van der Waals surface area (Å²) < 4.78 is 24.0. The summed E-state index contributed by atoms with van der Waals surface area (Å²) in [4.78, 5) is 10.8. The van der Waals surface area contributed by atoms with Crippen molar-refractivity contribution < 1.29 is 18.7 Å². The van der Waals surface area contributed by atoms with Crippen molar-refractivity contribution >= 4 is 5.97 Å². The van der Waals surface area contributed by atoms with Gasteiger partial charge in [-0.15, -0.1) is 0 Å². The van der Waals surface area contributed by atoms with Crippen LogP contribution in [0.3, 0.4) is 0 Å². The average molecular weight is 246 g/mol. The molecular formula is C14H11FO3. The van der Waals surface area contributed by atoms with Crippen LogP contribution in [0.25, 0.3) is 0 Å². The van der Waals surface area contributed by atoms with E-state index < -0.39 is 11.8 Å². The van der Waals surface area contributed by atoms with Crippen LogP contribution >= 0.6 is 0 Å². The molecule has 0 aliphatic rings. The lowest BCUT2D eigenvalue weighted by molar-refractivity contribution is -0.132. The van der Waals surface area contributed by atoms with E-state index in [1.807, 2.05) is 6.07 Å². The molecule has 3 nitrogen and oxygen atoms in total. The highest BCUT2D eigenvalue weighted by Gasteiger charge is 2.12. The molecule has 0 amide bonds. The summed E-state index contributed by atoms with van der Waals surface area (Å²) in [5.41, 5.74) is 0. The van der Waals surface area contributed by atoms with E-state index >= 15 is 0 Å². The van der Waals surface area contributed by atoms with Crippen molar-refractivity contribution in [2.75, 3.05) is 0 Å². The third-order valence-corrected chi connectivity index (χ3v) is 2.15. The lowest BCUT2D eigenvalue weighted by atomic mass is 10.3. The van der Waals surface area contributed by atoms with Crippen LogP contribution in [0, 0.1) is 5.82 Å². The van der Waals surface area contributed by atoms with Crippen LogP contribution in [-0.4, -0.2) is 5.97 Å². The van der Waals surface area contributed by atoms with E-state index in [0.29, 0.717) is 5.75 Å². The zero-order valence-electron chi connectivity index (χ0n) is 9.72. The minimum absolute atomic E-state index is 0.0138. The monoisotopic (exact) mass is 246 g/mol. The van der Waals surface area contributed by atoms with E-state index in [9.17, 15) is 9.18 Å². The van der Waals surface area contributed by atoms with Gasteiger partial charge in [-0.1, -0.05) is 24.3 Å². The van der Waals surface area contributed by atoms with E-state index in [2.05, 4.69) is 0 Å². The Morgan fingerprint density at radius 3 is 2.33 bits per heavy atom. The van der Waals surface area contributed by atoms with Gasteiger partial charge in [0.05, 0.1) is 0 Å². The van der Waals surface area contributed by atoms with Crippen LogP contribution in [0.5, 0.6) is 17.2 Å². The molecular weight excluding hydrogens is 235 g/mol. The molecule has 2 aromatic carbocycles. The third kappa shape index (κ3) is 2.85. The molecule has 0 spiro atoms. The summed E-state index contributed by atoms with van der Waals surface area (Å²) in [5.74, 6) is -0.894. The number of esters is 1. The molecule has 0 unspecified atom stereocenters. The van der Waals surface area contributed by atoms with Crippen LogP contribution in [0.4, 0.5) is 4.39 Å². The first-order valence-corrected chi connectivity index (χ1v) is 5.36. The molecule has 0 saturated heterocycles. The molecule has 4 heteroatoms. The molecule has 0 radical (unpaired) electrons. The molecule has 18 heavy (non-hydrogen) atoms. The number of carbonyl (C=O) groups is 1. The quantitative estimate of drug-likeness (QED) is 0.613. The van der Waals surface area contributed by atoms with Crippen LogP contribution in [0.2, 0.25) is 0 Å². The second kappa shape index (κ2) is 5.31. The zero-order valence-corrected chi connectivity index (χ0v) is 9.72. The third-order valence-electron chi connectivity index (χ3n) is 2.15. The number of hydrogen-bond donors (Lipinski definition) is 0. The van der Waals surface area contributed by atoms with Gasteiger partial charge in [0.15, 0.2) is 11.5 Å². The first-order valence-electron chi connectivity index (χ1n) is 5.36. The lowest BCUT2D eigenvalue weighted by Gasteiger charge is -2.09. The Labute approximate surface area is 104 Å². The number of carbonyl (C=O) groups excluding carboxylic acids is 1. The van der Waals surface area contributed by atoms with Crippen molar-refractivity contribution in [2.45, 2.75) is 6.92 Å². The standard InChI is InChI=1S/C14H11FO3/c1-10(16)17-12-8-5-9-13(14(12)15)18-11-6-3-2-4-7-11/h2-9H,1H3. The summed E-state index contributed by atoms with van der Waals surface area (Å²) in [6.45, 7) is 1.21. The molecule has 2 rings (SSSR count). The molecule has 0 aromatic heterocycles. The molecule has 0 aliphatic heterocycles. The van der Waals surface area contributed by atoms with Gasteiger partial charge in [0, 0.05) is 6.92 Å². The predicted octanol–water partition coefficient (Wildman–Crippen LogP) is 3.54. The van der Waals surface area contributed by atoms with Gasteiger partial charge in [0.2, 0.25) is 5.82 Å². The number of rotatable bonds is 3. The topological polar surface area (TPSA) is 35.5 Å². The van der Waals surface area contributed by atoms with Crippen molar-refractivity contribution in [3.05, 3.63) is 54.3 Å². The van der Waals surface area contributed by atoms with E-state index in [0.717, 1.165) is 0 Å². The molecule has 0 aliphatic carbocycles. The minimum atomic E-state index is -0.698. The number of para-hydroxylation sites is 1. The molecule has 2 aromatic rings. The summed E-state index contributed by atoms with van der Waals surface area (Å²) in [7, 11) is 0. The Morgan fingerprint density at radius 2 is 1.67 bits per heavy atom. The Bertz CT molecular complexity index is 552. The van der Waals surface area contributed by atoms with Gasteiger partial charge in [-0.25, -0.2) is 0 Å². The van der Waals surface area contributed by atoms with Crippen molar-refractivity contribution in [1.29, 1.82) is 0 Å². The van der Waals surface area contributed by atoms with Gasteiger partial charge in [-0.05, 0) is 24.3 Å². The molecule has 0 atom stereocenters. The number of hydrogen-bond acceptors (Lipinski definition) is 3. The van der Waals surface area contributed by atoms with Gasteiger partial charge in [-0.2, -0.15) is 4.39 Å². The maximum Gasteiger partial charge on any atom is 0.308 e. The fraction of sp³-hybridized carbons (Fsp3) is 0.0714. The smallest absolute Gasteiger partial charge is 0.308 e. The molecule has 0 bridgehead atoms. The first-order chi connectivity index (χ1) is 8.66. The van der Waals surface area contributed by atoms with E-state index in [1.165, 1.54) is 19.1 Å². The molecule has 0 saturated carbocycles. The lowest BCUT2D eigenvalue weighted by Crippen LogP contribution is -2.03. The van der Waals surface area contributed by atoms with Crippen molar-refractivity contribution in [2.24, 2.45) is 0 Å². The Hall–Kier alpha value is -2.36. The molecule has 0 N–H and O–H groups in total. The molecule has 0 fully saturated rings. The van der Waals surface area contributed by atoms with E-state index in [1.54, 1.807) is 30.3 Å². The normalized spacial score (nSPS) is 9.89. The predicted molar refractivity (Wildman–Crippen MR) is 64.2 cm³/mol. The number of benzene rings is 2. The van der Waals surface area contributed by atoms with Gasteiger partial charge in [-0.3, -0.25) is 4.79 Å². The Morgan fingerprint density at radius 1 is 1.00 bits per heavy atom. The Balaban J connectivity index is 2.26. The maximum absolute atomic E-state index is 13.9. The van der Waals surface area contributed by atoms with Gasteiger partial charge >= 0.3 is 5.97 Å². The van der Waals surface area contributed by atoms with Crippen LogP contribution in [-0.2, 0) is 4.79 Å². The summed E-state index contributed by atoms with van der Waals surface area (Å²) >= 11 is 0. The van der Waals surface area contributed by atoms with Crippen LogP contribution in [0.15, 0.2) is 48.5 Å². The van der Waals surface area contributed by atoms with Crippen molar-refractivity contribution in [3.8, 4) is 17.2 Å². The van der Waals surface area contributed by atoms with Crippen LogP contribution in [0.1, 0.15) is 6.92 Å². The second-order valence-corrected chi connectivity index (χ2v) is 3.58. The van der Waals surface area contributed by atoms with Gasteiger partial charge < -0.3 is 9.47 Å². The van der Waals surface area contributed by atoms with E-state index in [4.69, 9.17) is 9.47 Å². The van der Waals surface area contributed by atoms with Crippen molar-refractivity contribution in [3.63, 3.8) is 0 Å². The second-order valence-electron chi connectivity index (χ2n) is 3.58. The highest BCUT2D eigenvalue weighted by molar-refractivity contribution is 5.69. The highest BCUT2D eigenvalue weighted by Crippen LogP contribution is 2.30. The van der Waals surface area contributed by atoms with E-state index in [-0.39, 0.29) is 11.5 Å². The molecule has 92 valence electrons. The van der Waals surface area contributed by atoms with Gasteiger partial charge in [0.25, 0.3) is 0 Å². The average Bonchev–Trinajstić information content (AvgIpc) is 2.35. The maximum atomic E-state index is 13.9. The highest BCUT2D eigenvalue weighted by atomic mass is 19.1. The minimum Gasteiger partial charge on any atom is -0.454 e. The van der Waals surface area contributed by atoms with Crippen LogP contribution < -0.4 is 9.47 Å². The van der Waals surface area contributed by atoms with Gasteiger partial charge in [0.1, 0.15) is 5.75 Å². The number of ether oxygens (including phenoxy) is 2. The number of halogens is 1. The zero-order chi connectivity index (χ0) is 13.0. The largest absolute Gasteiger partial charge is 0.454 e. The first kappa shape index (κ1) is 12.1. The van der Waals surface area contributed by atoms with Crippen molar-refractivity contribution in [1.82, 2.24) is 0 Å².